The number of benzene rings is 3. The van der Waals surface area contributed by atoms with Gasteiger partial charge in [-0.25, -0.2) is 0 Å². The number of aliphatic carboxylic acids is 4. The lowest BCUT2D eigenvalue weighted by Gasteiger charge is -2.09. The topological polar surface area (TPSA) is 149 Å². The Kier molecular flexibility index (Phi) is 20.8. The van der Waals surface area contributed by atoms with Crippen LogP contribution in [0.2, 0.25) is 0 Å². The first-order chi connectivity index (χ1) is 22.3. The summed E-state index contributed by atoms with van der Waals surface area (Å²) >= 11 is 0. The SMILES string of the molecule is CC(=O)O.CC(C)Cc1ccc(C(C)C(=O)O)cc1.CC(C)Cc1ccc(C(C)C(=O)O)cc1.CC(C)Cc1ccc(CC(=O)O)cc1. The molecule has 8 nitrogen and oxygen atoms in total. The fourth-order valence-electron chi connectivity index (χ4n) is 4.55. The zero-order valence-electron chi connectivity index (χ0n) is 30.1. The Morgan fingerprint density at radius 1 is 0.458 bits per heavy atom. The molecule has 0 spiro atoms. The van der Waals surface area contributed by atoms with E-state index >= 15 is 0 Å². The Bertz CT molecular complexity index is 1300. The highest BCUT2D eigenvalue weighted by Gasteiger charge is 2.14. The predicted molar refractivity (Wildman–Crippen MR) is 192 cm³/mol. The molecule has 4 N–H and O–H groups in total. The van der Waals surface area contributed by atoms with Gasteiger partial charge in [-0.3, -0.25) is 19.2 Å². The maximum atomic E-state index is 10.8. The minimum atomic E-state index is -0.833. The van der Waals surface area contributed by atoms with Crippen molar-refractivity contribution in [3.8, 4) is 0 Å². The minimum absolute atomic E-state index is 0.113. The van der Waals surface area contributed by atoms with Crippen LogP contribution in [0.3, 0.4) is 0 Å². The smallest absolute Gasteiger partial charge is 0.310 e. The van der Waals surface area contributed by atoms with Crippen LogP contribution in [0, 0.1) is 17.8 Å². The first kappa shape index (κ1) is 43.5. The van der Waals surface area contributed by atoms with E-state index in [2.05, 4.69) is 41.5 Å². The molecule has 3 aromatic carbocycles. The summed E-state index contributed by atoms with van der Waals surface area (Å²) in [5.74, 6) is -2.09. The summed E-state index contributed by atoms with van der Waals surface area (Å²) in [6.07, 6.45) is 3.25. The lowest BCUT2D eigenvalue weighted by atomic mass is 9.97. The normalized spacial score (nSPS) is 11.6. The van der Waals surface area contributed by atoms with Crippen molar-refractivity contribution in [2.45, 2.75) is 99.8 Å². The Hall–Kier alpha value is -4.46. The molecule has 0 radical (unpaired) electrons. The van der Waals surface area contributed by atoms with Gasteiger partial charge in [0.25, 0.3) is 5.97 Å². The average Bonchev–Trinajstić information content (AvgIpc) is 2.97. The van der Waals surface area contributed by atoms with Crippen LogP contribution in [0.4, 0.5) is 0 Å². The minimum Gasteiger partial charge on any atom is -0.481 e. The van der Waals surface area contributed by atoms with Crippen LogP contribution in [0.25, 0.3) is 0 Å². The van der Waals surface area contributed by atoms with Crippen LogP contribution in [-0.2, 0) is 44.9 Å². The number of carbonyl (C=O) groups is 4. The summed E-state index contributed by atoms with van der Waals surface area (Å²) in [5.41, 5.74) is 6.42. The van der Waals surface area contributed by atoms with Gasteiger partial charge < -0.3 is 20.4 Å². The Balaban J connectivity index is 0.000000653. The van der Waals surface area contributed by atoms with Crippen molar-refractivity contribution in [2.24, 2.45) is 17.8 Å². The van der Waals surface area contributed by atoms with Crippen molar-refractivity contribution in [3.63, 3.8) is 0 Å². The van der Waals surface area contributed by atoms with Gasteiger partial charge in [-0.2, -0.15) is 0 Å². The Morgan fingerprint density at radius 3 is 0.896 bits per heavy atom. The van der Waals surface area contributed by atoms with Gasteiger partial charge in [0.1, 0.15) is 0 Å². The van der Waals surface area contributed by atoms with E-state index in [0.717, 1.165) is 42.9 Å². The number of carboxylic acid groups (broad SMARTS) is 4. The summed E-state index contributed by atoms with van der Waals surface area (Å²) < 4.78 is 0. The summed E-state index contributed by atoms with van der Waals surface area (Å²) in [7, 11) is 0. The second-order valence-corrected chi connectivity index (χ2v) is 13.3. The van der Waals surface area contributed by atoms with Crippen molar-refractivity contribution in [1.29, 1.82) is 0 Å². The Labute approximate surface area is 286 Å². The number of hydrogen-bond donors (Lipinski definition) is 4. The first-order valence-corrected chi connectivity index (χ1v) is 16.4. The first-order valence-electron chi connectivity index (χ1n) is 16.4. The van der Waals surface area contributed by atoms with Crippen LogP contribution >= 0.6 is 0 Å². The zero-order valence-corrected chi connectivity index (χ0v) is 30.1. The summed E-state index contributed by atoms with van der Waals surface area (Å²) in [5, 5.41) is 33.7. The molecule has 0 saturated heterocycles. The maximum absolute atomic E-state index is 10.8. The van der Waals surface area contributed by atoms with Crippen molar-refractivity contribution < 1.29 is 39.6 Å². The fourth-order valence-corrected chi connectivity index (χ4v) is 4.55. The molecule has 0 saturated carbocycles. The molecule has 2 unspecified atom stereocenters. The van der Waals surface area contributed by atoms with Crippen LogP contribution in [0.15, 0.2) is 72.8 Å². The number of rotatable bonds is 12. The van der Waals surface area contributed by atoms with E-state index in [4.69, 9.17) is 25.2 Å². The van der Waals surface area contributed by atoms with E-state index in [9.17, 15) is 14.4 Å². The van der Waals surface area contributed by atoms with E-state index in [-0.39, 0.29) is 6.42 Å². The molecule has 3 aromatic rings. The molecular weight excluding hydrogens is 608 g/mol. The van der Waals surface area contributed by atoms with E-state index in [1.54, 1.807) is 13.8 Å². The molecule has 0 aliphatic heterocycles. The van der Waals surface area contributed by atoms with Gasteiger partial charge in [0.15, 0.2) is 0 Å². The third-order valence-corrected chi connectivity index (χ3v) is 7.01. The van der Waals surface area contributed by atoms with Gasteiger partial charge in [-0.15, -0.1) is 0 Å². The number of carboxylic acids is 4. The summed E-state index contributed by atoms with van der Waals surface area (Å²) in [6.45, 7) is 17.5. The van der Waals surface area contributed by atoms with Gasteiger partial charge in [-0.1, -0.05) is 114 Å². The van der Waals surface area contributed by atoms with Crippen molar-refractivity contribution in [3.05, 3.63) is 106 Å². The van der Waals surface area contributed by atoms with Crippen LogP contribution in [0.1, 0.15) is 108 Å². The second-order valence-electron chi connectivity index (χ2n) is 13.3. The van der Waals surface area contributed by atoms with Gasteiger partial charge in [0.05, 0.1) is 18.3 Å². The highest BCUT2D eigenvalue weighted by Crippen LogP contribution is 2.18. The molecule has 0 bridgehead atoms. The monoisotopic (exact) mass is 664 g/mol. The molecule has 0 amide bonds. The zero-order chi connectivity index (χ0) is 37.0. The molecule has 264 valence electrons. The van der Waals surface area contributed by atoms with E-state index in [1.165, 1.54) is 16.7 Å². The van der Waals surface area contributed by atoms with Gasteiger partial charge in [0.2, 0.25) is 0 Å². The molecule has 0 aromatic heterocycles. The standard InChI is InChI=1S/2C13H18O2.C12H16O2.C2H4O2/c2*1-9(2)8-11-4-6-12(7-5-11)10(3)13(14)15;1-9(2)7-10-3-5-11(6-4-10)8-12(13)14;1-2(3)4/h2*4-7,9-10H,8H2,1-3H3,(H,14,15);3-6,9H,7-8H2,1-2H3,(H,13,14);1H3,(H,3,4). The van der Waals surface area contributed by atoms with E-state index in [0.29, 0.717) is 17.8 Å². The predicted octanol–water partition coefficient (Wildman–Crippen LogP) is 8.75. The fraction of sp³-hybridized carbons (Fsp3) is 0.450. The molecule has 0 aliphatic rings. The molecule has 8 heteroatoms. The molecule has 48 heavy (non-hydrogen) atoms. The summed E-state index contributed by atoms with van der Waals surface area (Å²) in [4.78, 5) is 41.0. The van der Waals surface area contributed by atoms with E-state index in [1.807, 2.05) is 72.8 Å². The molecule has 2 atom stereocenters. The van der Waals surface area contributed by atoms with Crippen molar-refractivity contribution >= 4 is 23.9 Å². The van der Waals surface area contributed by atoms with Crippen LogP contribution in [0.5, 0.6) is 0 Å². The van der Waals surface area contributed by atoms with Crippen molar-refractivity contribution in [1.82, 2.24) is 0 Å². The average molecular weight is 665 g/mol. The summed E-state index contributed by atoms with van der Waals surface area (Å²) in [6, 6.07) is 23.6. The maximum Gasteiger partial charge on any atom is 0.310 e. The van der Waals surface area contributed by atoms with Gasteiger partial charge in [-0.05, 0) is 84.2 Å². The molecular formula is C40H56O8. The third-order valence-electron chi connectivity index (χ3n) is 7.01. The van der Waals surface area contributed by atoms with Gasteiger partial charge in [0, 0.05) is 6.92 Å². The highest BCUT2D eigenvalue weighted by atomic mass is 16.4. The quantitative estimate of drug-likeness (QED) is 0.150. The lowest BCUT2D eigenvalue weighted by molar-refractivity contribution is -0.139. The van der Waals surface area contributed by atoms with Crippen LogP contribution < -0.4 is 0 Å². The van der Waals surface area contributed by atoms with E-state index < -0.39 is 35.7 Å². The second kappa shape index (κ2) is 23.0. The van der Waals surface area contributed by atoms with Crippen LogP contribution in [-0.4, -0.2) is 44.3 Å². The number of hydrogen-bond acceptors (Lipinski definition) is 4. The molecule has 0 fully saturated rings. The molecule has 0 aliphatic carbocycles. The van der Waals surface area contributed by atoms with Gasteiger partial charge >= 0.3 is 17.9 Å². The van der Waals surface area contributed by atoms with Crippen molar-refractivity contribution in [2.75, 3.05) is 0 Å². The lowest BCUT2D eigenvalue weighted by Crippen LogP contribution is -2.07. The largest absolute Gasteiger partial charge is 0.481 e. The Morgan fingerprint density at radius 2 is 0.688 bits per heavy atom. The molecule has 0 heterocycles. The molecule has 3 rings (SSSR count). The third kappa shape index (κ3) is 20.6. The highest BCUT2D eigenvalue weighted by molar-refractivity contribution is 5.76.